The third kappa shape index (κ3) is 3.54. The predicted molar refractivity (Wildman–Crippen MR) is 85.0 cm³/mol. The second-order valence-electron chi connectivity index (χ2n) is 6.08. The van der Waals surface area contributed by atoms with Crippen molar-refractivity contribution in [3.05, 3.63) is 11.6 Å². The molecule has 0 atom stereocenters. The van der Waals surface area contributed by atoms with Gasteiger partial charge in [0.05, 0.1) is 0 Å². The summed E-state index contributed by atoms with van der Waals surface area (Å²) in [5.74, 6) is 0.0276. The quantitative estimate of drug-likeness (QED) is 0.818. The van der Waals surface area contributed by atoms with E-state index in [2.05, 4.69) is 9.71 Å². The minimum Gasteiger partial charge on any atom is -0.381 e. The van der Waals surface area contributed by atoms with Gasteiger partial charge in [0.25, 0.3) is 10.0 Å². The highest BCUT2D eigenvalue weighted by atomic mass is 32.2. The largest absolute Gasteiger partial charge is 0.381 e. The number of sulfonamides is 1. The zero-order valence-electron chi connectivity index (χ0n) is 12.6. The van der Waals surface area contributed by atoms with Gasteiger partial charge in [-0.2, -0.15) is 0 Å². The molecular weight excluding hydrogens is 310 g/mol. The molecule has 0 saturated carbocycles. The van der Waals surface area contributed by atoms with Crippen molar-refractivity contribution in [2.24, 2.45) is 5.41 Å². The minimum atomic E-state index is -3.70. The van der Waals surface area contributed by atoms with Crippen LogP contribution in [-0.2, 0) is 10.0 Å². The number of anilines is 1. The van der Waals surface area contributed by atoms with Gasteiger partial charge in [-0.05, 0) is 19.5 Å². The number of hydrogen-bond acceptors (Lipinski definition) is 6. The van der Waals surface area contributed by atoms with E-state index in [0.29, 0.717) is 11.5 Å². The molecule has 2 aromatic heterocycles. The van der Waals surface area contributed by atoms with Gasteiger partial charge >= 0.3 is 0 Å². The molecule has 21 heavy (non-hydrogen) atoms. The smallest absolute Gasteiger partial charge is 0.260 e. The van der Waals surface area contributed by atoms with Crippen molar-refractivity contribution >= 4 is 32.1 Å². The van der Waals surface area contributed by atoms with Crippen molar-refractivity contribution in [2.45, 2.75) is 18.9 Å². The Morgan fingerprint density at radius 3 is 2.76 bits per heavy atom. The molecule has 0 saturated heterocycles. The predicted octanol–water partition coefficient (Wildman–Crippen LogP) is 0.844. The Hall–Kier alpha value is -1.16. The summed E-state index contributed by atoms with van der Waals surface area (Å²) in [5, 5.41) is 1.79. The van der Waals surface area contributed by atoms with Gasteiger partial charge in [0.1, 0.15) is 0 Å². The highest BCUT2D eigenvalue weighted by Crippen LogP contribution is 2.24. The number of nitrogens with one attached hydrogen (secondary N) is 1. The molecule has 0 bridgehead atoms. The molecule has 0 aliphatic rings. The Bertz CT molecular complexity index is 730. The normalized spacial score (nSPS) is 13.4. The third-order valence-electron chi connectivity index (χ3n) is 2.98. The van der Waals surface area contributed by atoms with Gasteiger partial charge in [0, 0.05) is 24.7 Å². The molecule has 2 rings (SSSR count). The summed E-state index contributed by atoms with van der Waals surface area (Å²) < 4.78 is 29.1. The van der Waals surface area contributed by atoms with Crippen molar-refractivity contribution in [1.82, 2.24) is 19.0 Å². The Labute approximate surface area is 128 Å². The number of rotatable bonds is 6. The van der Waals surface area contributed by atoms with Crippen molar-refractivity contribution < 1.29 is 8.42 Å². The molecule has 118 valence electrons. The van der Waals surface area contributed by atoms with Crippen LogP contribution < -0.4 is 10.5 Å². The Balaban J connectivity index is 2.23. The Morgan fingerprint density at radius 2 is 2.14 bits per heavy atom. The number of nitrogens with two attached hydrogens (primary N) is 1. The monoisotopic (exact) mass is 331 g/mol. The fourth-order valence-electron chi connectivity index (χ4n) is 2.32. The molecule has 0 aliphatic heterocycles. The maximum atomic E-state index is 12.5. The van der Waals surface area contributed by atoms with Crippen molar-refractivity contribution in [3.8, 4) is 0 Å². The van der Waals surface area contributed by atoms with Crippen LogP contribution in [0.2, 0.25) is 0 Å². The number of hydrogen-bond donors (Lipinski definition) is 2. The first-order valence-corrected chi connectivity index (χ1v) is 8.84. The summed E-state index contributed by atoms with van der Waals surface area (Å²) in [6.45, 7) is 5.11. The summed E-state index contributed by atoms with van der Waals surface area (Å²) in [5.41, 5.74) is 5.56. The van der Waals surface area contributed by atoms with Crippen molar-refractivity contribution in [3.63, 3.8) is 0 Å². The third-order valence-corrected chi connectivity index (χ3v) is 5.18. The van der Waals surface area contributed by atoms with Gasteiger partial charge in [0.2, 0.25) is 0 Å². The fourth-order valence-corrected chi connectivity index (χ4v) is 4.54. The lowest BCUT2D eigenvalue weighted by atomic mass is 9.93. The van der Waals surface area contributed by atoms with E-state index in [1.54, 1.807) is 11.6 Å². The van der Waals surface area contributed by atoms with E-state index in [9.17, 15) is 8.42 Å². The van der Waals surface area contributed by atoms with E-state index in [-0.39, 0.29) is 16.3 Å². The van der Waals surface area contributed by atoms with E-state index in [1.165, 1.54) is 15.7 Å². The topological polar surface area (TPSA) is 92.7 Å². The van der Waals surface area contributed by atoms with Crippen LogP contribution >= 0.6 is 11.3 Å². The minimum absolute atomic E-state index is 0.0133. The molecular formula is C12H21N5O2S2. The molecule has 0 aromatic carbocycles. The number of nitrogens with zero attached hydrogens (tertiary/aromatic N) is 3. The highest BCUT2D eigenvalue weighted by molar-refractivity contribution is 7.89. The summed E-state index contributed by atoms with van der Waals surface area (Å²) in [6.07, 6.45) is 1.66. The summed E-state index contributed by atoms with van der Waals surface area (Å²) in [6, 6.07) is 0. The van der Waals surface area contributed by atoms with Crippen LogP contribution in [0.3, 0.4) is 0 Å². The van der Waals surface area contributed by atoms with E-state index < -0.39 is 10.0 Å². The van der Waals surface area contributed by atoms with Crippen LogP contribution in [0.4, 0.5) is 5.82 Å². The van der Waals surface area contributed by atoms with Gasteiger partial charge in [-0.1, -0.05) is 13.8 Å². The lowest BCUT2D eigenvalue weighted by Gasteiger charge is -2.28. The number of thiazole rings is 1. The van der Waals surface area contributed by atoms with Crippen LogP contribution in [0.5, 0.6) is 0 Å². The first-order valence-electron chi connectivity index (χ1n) is 6.48. The van der Waals surface area contributed by atoms with E-state index in [1.807, 2.05) is 32.8 Å². The number of imidazole rings is 1. The van der Waals surface area contributed by atoms with Crippen molar-refractivity contribution in [1.29, 1.82) is 0 Å². The molecule has 9 heteroatoms. The molecule has 0 spiro atoms. The Kier molecular flexibility index (Phi) is 4.29. The molecule has 2 heterocycles. The SMILES string of the molecule is CN(C)CC(C)(C)CNS(=O)(=O)c1c(N)nc2sccn12. The van der Waals surface area contributed by atoms with Crippen LogP contribution in [-0.4, -0.2) is 49.9 Å². The highest BCUT2D eigenvalue weighted by Gasteiger charge is 2.27. The molecule has 0 amide bonds. The number of aromatic nitrogens is 2. The van der Waals surface area contributed by atoms with Crippen LogP contribution in [0.1, 0.15) is 13.8 Å². The average Bonchev–Trinajstić information content (AvgIpc) is 2.84. The molecule has 0 aliphatic carbocycles. The average molecular weight is 331 g/mol. The summed E-state index contributed by atoms with van der Waals surface area (Å²) >= 11 is 1.34. The fraction of sp³-hybridized carbons (Fsp3) is 0.583. The second kappa shape index (κ2) is 5.56. The van der Waals surface area contributed by atoms with Crippen molar-refractivity contribution in [2.75, 3.05) is 32.9 Å². The Morgan fingerprint density at radius 1 is 1.48 bits per heavy atom. The summed E-state index contributed by atoms with van der Waals surface area (Å²) in [4.78, 5) is 6.66. The van der Waals surface area contributed by atoms with E-state index >= 15 is 0 Å². The van der Waals surface area contributed by atoms with Crippen LogP contribution in [0.15, 0.2) is 16.6 Å². The molecule has 7 nitrogen and oxygen atoms in total. The second-order valence-corrected chi connectivity index (χ2v) is 8.64. The van der Waals surface area contributed by atoms with E-state index in [0.717, 1.165) is 6.54 Å². The lowest BCUT2D eigenvalue weighted by molar-refractivity contribution is 0.242. The molecule has 3 N–H and O–H groups in total. The zero-order chi connectivity index (χ0) is 15.8. The molecule has 2 aromatic rings. The van der Waals surface area contributed by atoms with Gasteiger partial charge in [-0.15, -0.1) is 11.3 Å². The number of fused-ring (bicyclic) bond motifs is 1. The number of nitrogen functional groups attached to an aromatic ring is 1. The molecule has 0 unspecified atom stereocenters. The van der Waals surface area contributed by atoms with E-state index in [4.69, 9.17) is 5.73 Å². The summed E-state index contributed by atoms with van der Waals surface area (Å²) in [7, 11) is 0.217. The van der Waals surface area contributed by atoms with Crippen LogP contribution in [0.25, 0.3) is 4.96 Å². The van der Waals surface area contributed by atoms with Gasteiger partial charge in [0.15, 0.2) is 15.8 Å². The molecule has 0 fully saturated rings. The van der Waals surface area contributed by atoms with Gasteiger partial charge < -0.3 is 10.6 Å². The first kappa shape index (κ1) is 16.2. The standard InChI is InChI=1S/C12H21N5O2S2/c1-12(2,8-16(3)4)7-14-21(18,19)10-9(13)15-11-17(10)5-6-20-11/h5-6,14H,7-8,13H2,1-4H3. The maximum absolute atomic E-state index is 12.5. The van der Waals surface area contributed by atoms with Gasteiger partial charge in [-0.25, -0.2) is 18.1 Å². The molecule has 0 radical (unpaired) electrons. The first-order chi connectivity index (χ1) is 9.62. The lowest BCUT2D eigenvalue weighted by Crippen LogP contribution is -2.40. The van der Waals surface area contributed by atoms with Crippen LogP contribution in [0, 0.1) is 5.41 Å². The van der Waals surface area contributed by atoms with Gasteiger partial charge in [-0.3, -0.25) is 4.40 Å². The zero-order valence-corrected chi connectivity index (χ0v) is 14.3. The maximum Gasteiger partial charge on any atom is 0.260 e.